The molecule has 0 unspecified atom stereocenters. The van der Waals surface area contributed by atoms with Gasteiger partial charge < -0.3 is 9.15 Å². The van der Waals surface area contributed by atoms with Gasteiger partial charge in [-0.15, -0.1) is 0 Å². The normalized spacial score (nSPS) is 15.6. The van der Waals surface area contributed by atoms with Crippen molar-refractivity contribution in [3.05, 3.63) is 65.1 Å². The zero-order valence-corrected chi connectivity index (χ0v) is 16.3. The van der Waals surface area contributed by atoms with Crippen LogP contribution in [0.15, 0.2) is 68.7 Å². The number of oxazole rings is 1. The lowest BCUT2D eigenvalue weighted by Gasteiger charge is -2.37. The third kappa shape index (κ3) is 2.99. The minimum Gasteiger partial charge on any atom is -0.472 e. The van der Waals surface area contributed by atoms with Crippen molar-refractivity contribution < 1.29 is 17.6 Å². The molecule has 148 valence electrons. The van der Waals surface area contributed by atoms with Gasteiger partial charge >= 0.3 is 5.76 Å². The summed E-state index contributed by atoms with van der Waals surface area (Å²) in [5, 5.41) is 1.02. The van der Waals surface area contributed by atoms with Crippen LogP contribution >= 0.6 is 0 Å². The van der Waals surface area contributed by atoms with Crippen molar-refractivity contribution in [3.8, 4) is 5.88 Å². The number of sulfonamides is 1. The summed E-state index contributed by atoms with van der Waals surface area (Å²) < 4.78 is 39.3. The number of aromatic nitrogens is 2. The van der Waals surface area contributed by atoms with Crippen molar-refractivity contribution in [2.45, 2.75) is 11.0 Å². The molecule has 0 bridgehead atoms. The number of pyridine rings is 1. The lowest BCUT2D eigenvalue weighted by atomic mass is 10.2. The molecule has 9 heteroatoms. The van der Waals surface area contributed by atoms with Gasteiger partial charge in [-0.1, -0.05) is 18.2 Å². The second-order valence-electron chi connectivity index (χ2n) is 6.96. The number of fused-ring (bicyclic) bond motifs is 2. The Balaban J connectivity index is 1.32. The molecule has 0 amide bonds. The Hall–Kier alpha value is -3.17. The molecular weight excluding hydrogens is 394 g/mol. The molecule has 4 aromatic rings. The maximum Gasteiger partial charge on any atom is 0.419 e. The molecule has 5 rings (SSSR count). The van der Waals surface area contributed by atoms with Gasteiger partial charge in [0.25, 0.3) is 0 Å². The molecule has 2 aromatic carbocycles. The lowest BCUT2D eigenvalue weighted by Crippen LogP contribution is -2.56. The van der Waals surface area contributed by atoms with E-state index in [1.807, 2.05) is 30.3 Å². The van der Waals surface area contributed by atoms with Crippen molar-refractivity contribution in [2.75, 3.05) is 13.1 Å². The van der Waals surface area contributed by atoms with E-state index < -0.39 is 15.8 Å². The minimum absolute atomic E-state index is 0.115. The average molecular weight is 411 g/mol. The van der Waals surface area contributed by atoms with E-state index >= 15 is 0 Å². The van der Waals surface area contributed by atoms with E-state index in [9.17, 15) is 13.2 Å². The first-order valence-electron chi connectivity index (χ1n) is 9.04. The van der Waals surface area contributed by atoms with Crippen LogP contribution in [0.25, 0.3) is 22.0 Å². The van der Waals surface area contributed by atoms with Crippen LogP contribution in [0.4, 0.5) is 0 Å². The van der Waals surface area contributed by atoms with Gasteiger partial charge in [0.1, 0.15) is 6.10 Å². The van der Waals surface area contributed by atoms with Gasteiger partial charge in [-0.3, -0.25) is 4.57 Å². The molecule has 8 nitrogen and oxygen atoms in total. The van der Waals surface area contributed by atoms with Crippen LogP contribution in [0.3, 0.4) is 0 Å². The first-order valence-corrected chi connectivity index (χ1v) is 10.5. The van der Waals surface area contributed by atoms with E-state index in [-0.39, 0.29) is 24.1 Å². The number of hydrogen-bond acceptors (Lipinski definition) is 6. The summed E-state index contributed by atoms with van der Waals surface area (Å²) in [5.74, 6) is -0.0598. The predicted octanol–water partition coefficient (Wildman–Crippen LogP) is 2.13. The number of rotatable bonds is 4. The van der Waals surface area contributed by atoms with E-state index in [0.717, 1.165) is 10.9 Å². The highest BCUT2D eigenvalue weighted by molar-refractivity contribution is 7.89. The number of aryl methyl sites for hydroxylation is 1. The zero-order chi connectivity index (χ0) is 20.2. The Bertz CT molecular complexity index is 1400. The molecule has 1 aliphatic rings. The van der Waals surface area contributed by atoms with Gasteiger partial charge in [0.2, 0.25) is 15.9 Å². The quantitative estimate of drug-likeness (QED) is 0.511. The first-order chi connectivity index (χ1) is 13.9. The van der Waals surface area contributed by atoms with E-state index in [1.54, 1.807) is 6.07 Å². The van der Waals surface area contributed by atoms with Gasteiger partial charge in [-0.05, 0) is 30.3 Å². The summed E-state index contributed by atoms with van der Waals surface area (Å²) in [4.78, 5) is 16.2. The Labute approximate surface area is 166 Å². The number of nitrogens with zero attached hydrogens (tertiary/aromatic N) is 3. The minimum atomic E-state index is -3.69. The van der Waals surface area contributed by atoms with Crippen molar-refractivity contribution in [3.63, 3.8) is 0 Å². The maximum absolute atomic E-state index is 12.9. The van der Waals surface area contributed by atoms with Crippen molar-refractivity contribution >= 4 is 32.0 Å². The van der Waals surface area contributed by atoms with Crippen LogP contribution in [0.5, 0.6) is 5.88 Å². The molecule has 3 heterocycles. The number of hydrogen-bond donors (Lipinski definition) is 0. The molecule has 0 spiro atoms. The summed E-state index contributed by atoms with van der Waals surface area (Å²) in [6.45, 7) is 0.471. The molecule has 0 atom stereocenters. The smallest absolute Gasteiger partial charge is 0.419 e. The molecule has 0 saturated carbocycles. The topological polar surface area (TPSA) is 94.6 Å². The highest BCUT2D eigenvalue weighted by Crippen LogP contribution is 2.27. The van der Waals surface area contributed by atoms with Crippen LogP contribution in [0.2, 0.25) is 0 Å². The molecule has 1 saturated heterocycles. The van der Waals surface area contributed by atoms with Gasteiger partial charge in [0.05, 0.1) is 29.0 Å². The molecule has 1 fully saturated rings. The van der Waals surface area contributed by atoms with Crippen molar-refractivity contribution in [2.24, 2.45) is 7.05 Å². The molecule has 1 aliphatic heterocycles. The summed E-state index contributed by atoms with van der Waals surface area (Å²) in [7, 11) is -2.15. The zero-order valence-electron chi connectivity index (χ0n) is 15.5. The molecule has 0 N–H and O–H groups in total. The molecular formula is C20H17N3O5S. The van der Waals surface area contributed by atoms with Crippen LogP contribution in [0.1, 0.15) is 0 Å². The molecule has 2 aromatic heterocycles. The Morgan fingerprint density at radius 3 is 2.72 bits per heavy atom. The second kappa shape index (κ2) is 6.43. The van der Waals surface area contributed by atoms with Crippen molar-refractivity contribution in [1.29, 1.82) is 0 Å². The second-order valence-corrected chi connectivity index (χ2v) is 8.90. The highest BCUT2D eigenvalue weighted by atomic mass is 32.2. The first kappa shape index (κ1) is 17.9. The summed E-state index contributed by atoms with van der Waals surface area (Å²) in [6.07, 6.45) is -0.263. The average Bonchev–Trinajstić information content (AvgIpc) is 2.97. The SMILES string of the molecule is Cn1c(=O)oc2ccc(S(=O)(=O)N3CC(Oc4ccc5ccccc5n4)C3)cc21. The number of benzene rings is 2. The van der Waals surface area contributed by atoms with E-state index in [1.165, 1.54) is 34.1 Å². The highest BCUT2D eigenvalue weighted by Gasteiger charge is 2.38. The number of ether oxygens (including phenoxy) is 1. The monoisotopic (exact) mass is 411 g/mol. The molecule has 0 radical (unpaired) electrons. The van der Waals surface area contributed by atoms with Crippen LogP contribution < -0.4 is 10.5 Å². The standard InChI is InChI=1S/C20H17N3O5S/c1-22-17-10-15(7-8-18(17)28-20(22)24)29(25,26)23-11-14(12-23)27-19-9-6-13-4-2-3-5-16(13)21-19/h2-10,14H,11-12H2,1H3. The lowest BCUT2D eigenvalue weighted by molar-refractivity contribution is 0.0724. The van der Waals surface area contributed by atoms with Gasteiger partial charge in [0, 0.05) is 18.5 Å². The third-order valence-corrected chi connectivity index (χ3v) is 6.90. The van der Waals surface area contributed by atoms with Crippen molar-refractivity contribution in [1.82, 2.24) is 13.9 Å². The predicted molar refractivity (Wildman–Crippen MR) is 106 cm³/mol. The fourth-order valence-corrected chi connectivity index (χ4v) is 4.90. The summed E-state index contributed by atoms with van der Waals surface area (Å²) >= 11 is 0. The Morgan fingerprint density at radius 2 is 1.90 bits per heavy atom. The van der Waals surface area contributed by atoms with Crippen LogP contribution in [-0.4, -0.2) is 41.5 Å². The van der Waals surface area contributed by atoms with Gasteiger partial charge in [0.15, 0.2) is 5.58 Å². The Morgan fingerprint density at radius 1 is 1.10 bits per heavy atom. The third-order valence-electron chi connectivity index (χ3n) is 5.08. The van der Waals surface area contributed by atoms with E-state index in [0.29, 0.717) is 17.0 Å². The maximum atomic E-state index is 12.9. The van der Waals surface area contributed by atoms with E-state index in [2.05, 4.69) is 4.98 Å². The van der Waals surface area contributed by atoms with Gasteiger partial charge in [-0.25, -0.2) is 18.2 Å². The molecule has 0 aliphatic carbocycles. The van der Waals surface area contributed by atoms with E-state index in [4.69, 9.17) is 9.15 Å². The van der Waals surface area contributed by atoms with Crippen LogP contribution in [0, 0.1) is 0 Å². The fraction of sp³-hybridized carbons (Fsp3) is 0.200. The van der Waals surface area contributed by atoms with Gasteiger partial charge in [-0.2, -0.15) is 4.31 Å². The number of para-hydroxylation sites is 1. The Kier molecular flexibility index (Phi) is 3.97. The fourth-order valence-electron chi connectivity index (χ4n) is 3.37. The largest absolute Gasteiger partial charge is 0.472 e. The van der Waals surface area contributed by atoms with Crippen LogP contribution in [-0.2, 0) is 17.1 Å². The summed E-state index contributed by atoms with van der Waals surface area (Å²) in [5.41, 5.74) is 1.61. The molecule has 29 heavy (non-hydrogen) atoms. The summed E-state index contributed by atoms with van der Waals surface area (Å²) in [6, 6.07) is 15.8.